The van der Waals surface area contributed by atoms with E-state index in [1.165, 1.54) is 18.2 Å². The number of hydrogen-bond donors (Lipinski definition) is 3. The van der Waals surface area contributed by atoms with Gasteiger partial charge in [-0.1, -0.05) is 22.0 Å². The molecule has 42 heavy (non-hydrogen) atoms. The Bertz CT molecular complexity index is 1520. The highest BCUT2D eigenvalue weighted by Gasteiger charge is 2.36. The third-order valence-corrected chi connectivity index (χ3v) is 7.81. The van der Waals surface area contributed by atoms with Gasteiger partial charge in [0, 0.05) is 10.2 Å². The number of esters is 1. The molecule has 3 aromatic rings. The van der Waals surface area contributed by atoms with E-state index in [4.69, 9.17) is 15.9 Å². The first-order valence-electron chi connectivity index (χ1n) is 11.1. The zero-order valence-electron chi connectivity index (χ0n) is 21.2. The van der Waals surface area contributed by atoms with Crippen molar-refractivity contribution in [2.45, 2.75) is 32.2 Å². The summed E-state index contributed by atoms with van der Waals surface area (Å²) >= 11 is 4.05. The molecule has 4 rings (SSSR count). The number of carbonyl (C=O) groups is 1. The van der Waals surface area contributed by atoms with Crippen molar-refractivity contribution in [3.05, 3.63) is 77.5 Å². The normalized spacial score (nSPS) is 15.1. The Morgan fingerprint density at radius 1 is 1.12 bits per heavy atom. The molecule has 1 aromatic carbocycles. The van der Waals surface area contributed by atoms with Crippen molar-refractivity contribution < 1.29 is 40.3 Å². The molecule has 3 heterocycles. The van der Waals surface area contributed by atoms with E-state index in [1.54, 1.807) is 13.8 Å². The molecular weight excluding hydrogens is 705 g/mol. The van der Waals surface area contributed by atoms with Crippen LogP contribution in [0.4, 0.5) is 30.7 Å². The number of nitrogen functional groups attached to an aromatic ring is 1. The minimum Gasteiger partial charge on any atom is -0.463 e. The molecule has 1 aliphatic heterocycles. The van der Waals surface area contributed by atoms with E-state index < -0.39 is 45.8 Å². The number of carbonyl (C=O) groups excluding carboxylic acids is 1. The molecule has 19 heteroatoms. The van der Waals surface area contributed by atoms with Crippen LogP contribution in [0, 0.1) is 11.2 Å². The van der Waals surface area contributed by atoms with Gasteiger partial charge in [-0.2, -0.15) is 26.3 Å². The van der Waals surface area contributed by atoms with E-state index >= 15 is 0 Å². The van der Waals surface area contributed by atoms with Crippen LogP contribution >= 0.6 is 51.0 Å². The summed E-state index contributed by atoms with van der Waals surface area (Å²) in [7, 11) is 0. The molecule has 1 atom stereocenters. The highest BCUT2D eigenvalue weighted by molar-refractivity contribution is 9.10. The number of benzene rings is 1. The lowest BCUT2D eigenvalue weighted by Crippen LogP contribution is -2.32. The van der Waals surface area contributed by atoms with E-state index in [0.717, 1.165) is 6.20 Å². The van der Waals surface area contributed by atoms with E-state index in [0.29, 0.717) is 44.6 Å². The van der Waals surface area contributed by atoms with Crippen LogP contribution < -0.4 is 11.1 Å². The van der Waals surface area contributed by atoms with E-state index in [-0.39, 0.29) is 40.4 Å². The summed E-state index contributed by atoms with van der Waals surface area (Å²) in [6.07, 6.45) is -7.52. The van der Waals surface area contributed by atoms with Crippen LogP contribution in [0.2, 0.25) is 0 Å². The molecule has 1 unspecified atom stereocenters. The lowest BCUT2D eigenvalue weighted by molar-refractivity contribution is -0.139. The Balaban J connectivity index is 0.000000399. The number of alkyl halides is 6. The van der Waals surface area contributed by atoms with Gasteiger partial charge in [0.2, 0.25) is 0 Å². The second kappa shape index (κ2) is 13.9. The molecule has 0 bridgehead atoms. The molecule has 0 aliphatic carbocycles. The van der Waals surface area contributed by atoms with E-state index in [1.807, 2.05) is 0 Å². The quantitative estimate of drug-likeness (QED) is 0.114. The SMILES string of the molecule is CCOC(=O)C1=C(C)NC(c2ncc(C(F)(F)F)s2)=NC1c1ccc(F)cc1Br.Cl.N=C(N)c1ncc(C(F)(F)F)s1. The second-order valence-electron chi connectivity index (χ2n) is 7.90. The Kier molecular flexibility index (Phi) is 11.6. The lowest BCUT2D eigenvalue weighted by Gasteiger charge is -2.26. The molecule has 0 saturated carbocycles. The van der Waals surface area contributed by atoms with E-state index in [9.17, 15) is 35.5 Å². The minimum absolute atomic E-state index is 0. The maximum Gasteiger partial charge on any atom is 0.427 e. The number of nitrogens with one attached hydrogen (secondary N) is 2. The van der Waals surface area contributed by atoms with Crippen LogP contribution in [0.5, 0.6) is 0 Å². The first-order chi connectivity index (χ1) is 19.0. The van der Waals surface area contributed by atoms with Crippen molar-refractivity contribution in [1.29, 1.82) is 5.41 Å². The van der Waals surface area contributed by atoms with Crippen molar-refractivity contribution in [2.24, 2.45) is 10.7 Å². The van der Waals surface area contributed by atoms with Gasteiger partial charge in [-0.15, -0.1) is 35.1 Å². The van der Waals surface area contributed by atoms with Gasteiger partial charge in [-0.3, -0.25) is 10.4 Å². The third kappa shape index (κ3) is 8.48. The molecule has 0 spiro atoms. The topological polar surface area (TPSA) is 126 Å². The highest BCUT2D eigenvalue weighted by Crippen LogP contribution is 2.38. The zero-order chi connectivity index (χ0) is 30.7. The van der Waals surface area contributed by atoms with Crippen molar-refractivity contribution >= 4 is 68.7 Å². The van der Waals surface area contributed by atoms with Gasteiger partial charge in [0.1, 0.15) is 21.6 Å². The molecule has 0 amide bonds. The van der Waals surface area contributed by atoms with Gasteiger partial charge in [0.15, 0.2) is 21.7 Å². The fourth-order valence-corrected chi connectivity index (χ4v) is 5.20. The average molecular weight is 724 g/mol. The predicted molar refractivity (Wildman–Crippen MR) is 148 cm³/mol. The van der Waals surface area contributed by atoms with E-state index in [2.05, 4.69) is 36.2 Å². The maximum atomic E-state index is 13.5. The van der Waals surface area contributed by atoms with Crippen LogP contribution in [0.15, 0.2) is 51.3 Å². The summed E-state index contributed by atoms with van der Waals surface area (Å²) in [5.41, 5.74) is 5.93. The number of rotatable bonds is 5. The molecule has 0 radical (unpaired) electrons. The van der Waals surface area contributed by atoms with Gasteiger partial charge < -0.3 is 15.8 Å². The number of amidine groups is 2. The maximum absolute atomic E-state index is 13.5. The number of hydrogen-bond acceptors (Lipinski definition) is 9. The summed E-state index contributed by atoms with van der Waals surface area (Å²) < 4.78 is 93.5. The standard InChI is InChI=1S/C18H14BrF4N3O2S.C5H4F3N3S.ClH/c1-3-28-17(27)13-8(2)25-15(16-24-7-12(29-16)18(21,22)23)26-14(13)10-5-4-9(20)6-11(10)19;6-5(7,8)2-1-11-4(12-2)3(9)10;/h4-7,14H,3H2,1-2H3,(H,25,26);1H,(H3,9,10);1H. The van der Waals surface area contributed by atoms with Crippen LogP contribution in [0.1, 0.15) is 45.2 Å². The van der Waals surface area contributed by atoms with Gasteiger partial charge >= 0.3 is 18.3 Å². The number of thiazole rings is 2. The largest absolute Gasteiger partial charge is 0.463 e. The molecule has 2 aromatic heterocycles. The first-order valence-corrected chi connectivity index (χ1v) is 13.5. The van der Waals surface area contributed by atoms with Crippen molar-refractivity contribution in [1.82, 2.24) is 15.3 Å². The summed E-state index contributed by atoms with van der Waals surface area (Å²) in [6, 6.07) is 2.96. The fraction of sp³-hybridized carbons (Fsp3) is 0.261. The monoisotopic (exact) mass is 722 g/mol. The number of ether oxygens (including phenoxy) is 1. The summed E-state index contributed by atoms with van der Waals surface area (Å²) in [5, 5.41) is 9.56. The van der Waals surface area contributed by atoms with Crippen molar-refractivity contribution in [3.63, 3.8) is 0 Å². The Hall–Kier alpha value is -3.09. The summed E-state index contributed by atoms with van der Waals surface area (Å²) in [4.78, 5) is 22.4. The van der Waals surface area contributed by atoms with Gasteiger partial charge in [-0.05, 0) is 31.5 Å². The number of nitrogens with zero attached hydrogens (tertiary/aromatic N) is 3. The molecule has 228 valence electrons. The second-order valence-corrected chi connectivity index (χ2v) is 10.8. The number of aliphatic imine (C=N–C) groups is 1. The van der Waals surface area contributed by atoms with Crippen LogP contribution in [-0.2, 0) is 21.9 Å². The van der Waals surface area contributed by atoms with Gasteiger partial charge in [0.05, 0.1) is 24.6 Å². The minimum atomic E-state index is -4.52. The molecule has 0 saturated heterocycles. The van der Waals surface area contributed by atoms with Crippen molar-refractivity contribution in [3.8, 4) is 0 Å². The van der Waals surface area contributed by atoms with Crippen LogP contribution in [0.25, 0.3) is 0 Å². The Morgan fingerprint density at radius 3 is 2.19 bits per heavy atom. The molecule has 1 aliphatic rings. The summed E-state index contributed by atoms with van der Waals surface area (Å²) in [6.45, 7) is 3.37. The lowest BCUT2D eigenvalue weighted by atomic mass is 9.96. The highest BCUT2D eigenvalue weighted by atomic mass is 79.9. The fourth-order valence-electron chi connectivity index (χ4n) is 3.25. The Labute approximate surface area is 256 Å². The molecular formula is C23H19BrClF7N6O2S2. The van der Waals surface area contributed by atoms with Crippen LogP contribution in [-0.4, -0.2) is 34.2 Å². The zero-order valence-corrected chi connectivity index (χ0v) is 25.2. The number of halogens is 9. The number of aromatic nitrogens is 2. The third-order valence-electron chi connectivity index (χ3n) is 5.00. The predicted octanol–water partition coefficient (Wildman–Crippen LogP) is 6.86. The number of nitrogens with two attached hydrogens (primary N) is 1. The molecule has 4 N–H and O–H groups in total. The first kappa shape index (κ1) is 35.1. The molecule has 0 fully saturated rings. The number of allylic oxidation sites excluding steroid dienone is 1. The smallest absolute Gasteiger partial charge is 0.427 e. The Morgan fingerprint density at radius 2 is 1.71 bits per heavy atom. The van der Waals surface area contributed by atoms with Crippen molar-refractivity contribution in [2.75, 3.05) is 6.61 Å². The summed E-state index contributed by atoms with van der Waals surface area (Å²) in [5.74, 6) is -1.49. The molecule has 8 nitrogen and oxygen atoms in total. The average Bonchev–Trinajstić information content (AvgIpc) is 3.55. The van der Waals surface area contributed by atoms with Gasteiger partial charge in [-0.25, -0.2) is 19.2 Å². The van der Waals surface area contributed by atoms with Gasteiger partial charge in [0.25, 0.3) is 0 Å². The van der Waals surface area contributed by atoms with Crippen LogP contribution in [0.3, 0.4) is 0 Å².